The third-order valence-corrected chi connectivity index (χ3v) is 5.37. The van der Waals surface area contributed by atoms with Crippen molar-refractivity contribution < 1.29 is 14.3 Å². The van der Waals surface area contributed by atoms with Crippen molar-refractivity contribution in [3.63, 3.8) is 0 Å². The van der Waals surface area contributed by atoms with Crippen molar-refractivity contribution in [3.8, 4) is 17.2 Å². The molecule has 1 N–H and O–H groups in total. The van der Waals surface area contributed by atoms with E-state index in [1.165, 1.54) is 0 Å². The highest BCUT2D eigenvalue weighted by Crippen LogP contribution is 2.41. The van der Waals surface area contributed by atoms with Gasteiger partial charge in [0.05, 0.1) is 25.1 Å². The summed E-state index contributed by atoms with van der Waals surface area (Å²) in [5.41, 5.74) is 5.20. The number of carbonyl (C=O) groups excluding carboxylic acids is 1. The molecule has 6 nitrogen and oxygen atoms in total. The lowest BCUT2D eigenvalue weighted by Gasteiger charge is -2.25. The number of anilines is 1. The SMILES string of the molecule is COc1cc(C2CC(=O)Nc3c2cnn3-c2cc(C)ccc2C)ccc1OC(C)C. The smallest absolute Gasteiger partial charge is 0.226 e. The van der Waals surface area contributed by atoms with Crippen molar-refractivity contribution >= 4 is 11.7 Å². The molecule has 1 unspecified atom stereocenters. The molecule has 156 valence electrons. The number of hydrogen-bond donors (Lipinski definition) is 1. The molecule has 0 aliphatic carbocycles. The van der Waals surface area contributed by atoms with Crippen molar-refractivity contribution in [2.45, 2.75) is 46.1 Å². The van der Waals surface area contributed by atoms with Gasteiger partial charge in [0.1, 0.15) is 5.82 Å². The molecule has 0 saturated heterocycles. The van der Waals surface area contributed by atoms with Crippen LogP contribution in [-0.2, 0) is 4.79 Å². The summed E-state index contributed by atoms with van der Waals surface area (Å²) in [4.78, 5) is 12.6. The summed E-state index contributed by atoms with van der Waals surface area (Å²) >= 11 is 0. The zero-order valence-corrected chi connectivity index (χ0v) is 18.0. The van der Waals surface area contributed by atoms with Crippen LogP contribution in [0.4, 0.5) is 5.82 Å². The van der Waals surface area contributed by atoms with Gasteiger partial charge in [-0.3, -0.25) is 4.79 Å². The molecular weight excluding hydrogens is 378 g/mol. The van der Waals surface area contributed by atoms with Crippen molar-refractivity contribution in [1.29, 1.82) is 0 Å². The Bertz CT molecular complexity index is 1100. The Kier molecular flexibility index (Phi) is 5.24. The maximum absolute atomic E-state index is 12.6. The fourth-order valence-electron chi connectivity index (χ4n) is 3.90. The van der Waals surface area contributed by atoms with Crippen LogP contribution in [0, 0.1) is 13.8 Å². The van der Waals surface area contributed by atoms with E-state index in [2.05, 4.69) is 28.6 Å². The molecule has 0 bridgehead atoms. The molecule has 2 aromatic carbocycles. The van der Waals surface area contributed by atoms with Crippen LogP contribution in [0.3, 0.4) is 0 Å². The molecule has 0 saturated carbocycles. The summed E-state index contributed by atoms with van der Waals surface area (Å²) in [6, 6.07) is 12.1. The summed E-state index contributed by atoms with van der Waals surface area (Å²) in [6.45, 7) is 8.05. The Morgan fingerprint density at radius 2 is 1.93 bits per heavy atom. The minimum absolute atomic E-state index is 0.0268. The highest BCUT2D eigenvalue weighted by molar-refractivity contribution is 5.94. The largest absolute Gasteiger partial charge is 0.493 e. The van der Waals surface area contributed by atoms with Gasteiger partial charge in [-0.2, -0.15) is 5.10 Å². The normalized spacial score (nSPS) is 15.7. The third-order valence-electron chi connectivity index (χ3n) is 5.37. The van der Waals surface area contributed by atoms with Crippen LogP contribution in [-0.4, -0.2) is 28.9 Å². The fraction of sp³-hybridized carbons (Fsp3) is 0.333. The topological polar surface area (TPSA) is 65.4 Å². The van der Waals surface area contributed by atoms with Gasteiger partial charge >= 0.3 is 0 Å². The average molecular weight is 405 g/mol. The second-order valence-electron chi connectivity index (χ2n) is 8.03. The molecule has 30 heavy (non-hydrogen) atoms. The van der Waals surface area contributed by atoms with Crippen LogP contribution in [0.2, 0.25) is 0 Å². The van der Waals surface area contributed by atoms with E-state index in [-0.39, 0.29) is 17.9 Å². The first-order valence-electron chi connectivity index (χ1n) is 10.2. The molecule has 1 aliphatic rings. The van der Waals surface area contributed by atoms with E-state index in [9.17, 15) is 4.79 Å². The van der Waals surface area contributed by atoms with Crippen LogP contribution >= 0.6 is 0 Å². The molecule has 1 amide bonds. The van der Waals surface area contributed by atoms with E-state index in [1.54, 1.807) is 7.11 Å². The lowest BCUT2D eigenvalue weighted by Crippen LogP contribution is -2.24. The number of fused-ring (bicyclic) bond motifs is 1. The second kappa shape index (κ2) is 7.86. The first-order valence-corrected chi connectivity index (χ1v) is 10.2. The predicted molar refractivity (Wildman–Crippen MR) is 117 cm³/mol. The van der Waals surface area contributed by atoms with Crippen LogP contribution in [0.15, 0.2) is 42.6 Å². The molecule has 1 atom stereocenters. The molecule has 2 heterocycles. The highest BCUT2D eigenvalue weighted by Gasteiger charge is 2.31. The lowest BCUT2D eigenvalue weighted by molar-refractivity contribution is -0.116. The van der Waals surface area contributed by atoms with Gasteiger partial charge < -0.3 is 14.8 Å². The number of amides is 1. The van der Waals surface area contributed by atoms with E-state index < -0.39 is 0 Å². The summed E-state index contributed by atoms with van der Waals surface area (Å²) in [6.07, 6.45) is 2.26. The summed E-state index contributed by atoms with van der Waals surface area (Å²) < 4.78 is 13.2. The number of aryl methyl sites for hydroxylation is 2. The fourth-order valence-corrected chi connectivity index (χ4v) is 3.90. The van der Waals surface area contributed by atoms with Crippen molar-refractivity contribution in [2.24, 2.45) is 0 Å². The van der Waals surface area contributed by atoms with Crippen molar-refractivity contribution in [2.75, 3.05) is 12.4 Å². The van der Waals surface area contributed by atoms with Gasteiger partial charge in [0.2, 0.25) is 5.91 Å². The van der Waals surface area contributed by atoms with Gasteiger partial charge in [-0.25, -0.2) is 4.68 Å². The van der Waals surface area contributed by atoms with Crippen LogP contribution in [0.25, 0.3) is 5.69 Å². The number of aromatic nitrogens is 2. The zero-order chi connectivity index (χ0) is 21.4. The number of benzene rings is 2. The van der Waals surface area contributed by atoms with Crippen LogP contribution < -0.4 is 14.8 Å². The van der Waals surface area contributed by atoms with Crippen molar-refractivity contribution in [1.82, 2.24) is 9.78 Å². The van der Waals surface area contributed by atoms with Gasteiger partial charge in [-0.05, 0) is 62.6 Å². The van der Waals surface area contributed by atoms with Gasteiger partial charge in [0, 0.05) is 17.9 Å². The Morgan fingerprint density at radius 1 is 1.13 bits per heavy atom. The molecule has 4 rings (SSSR count). The first-order chi connectivity index (χ1) is 14.4. The quantitative estimate of drug-likeness (QED) is 0.665. The summed E-state index contributed by atoms with van der Waals surface area (Å²) in [5, 5.41) is 7.65. The van der Waals surface area contributed by atoms with E-state index in [0.717, 1.165) is 33.8 Å². The molecule has 1 aliphatic heterocycles. The third kappa shape index (κ3) is 3.65. The average Bonchev–Trinajstić information content (AvgIpc) is 3.12. The Morgan fingerprint density at radius 3 is 2.67 bits per heavy atom. The van der Waals surface area contributed by atoms with Crippen molar-refractivity contribution in [3.05, 3.63) is 64.8 Å². The second-order valence-corrected chi connectivity index (χ2v) is 8.03. The molecule has 0 spiro atoms. The number of methoxy groups -OCH3 is 1. The summed E-state index contributed by atoms with van der Waals surface area (Å²) in [5.74, 6) is 1.96. The predicted octanol–water partition coefficient (Wildman–Crippen LogP) is 4.76. The zero-order valence-electron chi connectivity index (χ0n) is 18.0. The highest BCUT2D eigenvalue weighted by atomic mass is 16.5. The summed E-state index contributed by atoms with van der Waals surface area (Å²) in [7, 11) is 1.63. The molecular formula is C24H27N3O3. The Labute approximate surface area is 176 Å². The van der Waals surface area contributed by atoms with Crippen LogP contribution in [0.1, 0.15) is 48.4 Å². The maximum Gasteiger partial charge on any atom is 0.226 e. The Balaban J connectivity index is 1.78. The lowest BCUT2D eigenvalue weighted by atomic mass is 9.87. The minimum Gasteiger partial charge on any atom is -0.493 e. The number of nitrogens with zero attached hydrogens (tertiary/aromatic N) is 2. The van der Waals surface area contributed by atoms with E-state index in [1.807, 2.05) is 56.8 Å². The van der Waals surface area contributed by atoms with Gasteiger partial charge in [0.15, 0.2) is 11.5 Å². The number of ether oxygens (including phenoxy) is 2. The van der Waals surface area contributed by atoms with Gasteiger partial charge in [0.25, 0.3) is 0 Å². The van der Waals surface area contributed by atoms with Gasteiger partial charge in [-0.1, -0.05) is 18.2 Å². The molecule has 3 aromatic rings. The van der Waals surface area contributed by atoms with E-state index in [0.29, 0.717) is 17.9 Å². The van der Waals surface area contributed by atoms with Gasteiger partial charge in [-0.15, -0.1) is 0 Å². The number of nitrogens with one attached hydrogen (secondary N) is 1. The van der Waals surface area contributed by atoms with E-state index >= 15 is 0 Å². The first kappa shape index (κ1) is 20.0. The Hall–Kier alpha value is -3.28. The number of carbonyl (C=O) groups is 1. The minimum atomic E-state index is -0.102. The standard InChI is InChI=1S/C24H27N3O3/c1-14(2)30-21-9-8-17(11-22(21)29-5)18-12-23(28)26-24-19(18)13-25-27(24)20-10-15(3)6-7-16(20)4/h6-11,13-14,18H,12H2,1-5H3,(H,26,28). The molecule has 0 radical (unpaired) electrons. The molecule has 0 fully saturated rings. The van der Waals surface area contributed by atoms with Crippen LogP contribution in [0.5, 0.6) is 11.5 Å². The number of rotatable bonds is 5. The maximum atomic E-state index is 12.6. The molecule has 6 heteroatoms. The molecule has 1 aromatic heterocycles. The number of hydrogen-bond acceptors (Lipinski definition) is 4. The monoisotopic (exact) mass is 405 g/mol. The van der Waals surface area contributed by atoms with E-state index in [4.69, 9.17) is 9.47 Å².